The number of fused-ring (bicyclic) bond motifs is 5. The summed E-state index contributed by atoms with van der Waals surface area (Å²) in [6.07, 6.45) is 8.06. The summed E-state index contributed by atoms with van der Waals surface area (Å²) in [6.45, 7) is 9.26. The average Bonchev–Trinajstić information content (AvgIpc) is 3.20. The fraction of sp³-hybridized carbons (Fsp3) is 0.931. The van der Waals surface area contributed by atoms with Crippen molar-refractivity contribution in [3.63, 3.8) is 0 Å². The number of esters is 2. The zero-order chi connectivity index (χ0) is 25.7. The largest absolute Gasteiger partial charge is 0.468 e. The van der Waals surface area contributed by atoms with Crippen molar-refractivity contribution in [1.29, 1.82) is 0 Å². The molecule has 4 aliphatic rings. The van der Waals surface area contributed by atoms with Crippen molar-refractivity contribution in [1.82, 2.24) is 0 Å². The number of carbonyl (C=O) groups excluding carboxylic acids is 2. The van der Waals surface area contributed by atoms with Crippen molar-refractivity contribution in [2.45, 2.75) is 97.7 Å². The van der Waals surface area contributed by atoms with Gasteiger partial charge in [0.25, 0.3) is 0 Å². The Kier molecular flexibility index (Phi) is 7.66. The highest BCUT2D eigenvalue weighted by Crippen LogP contribution is 2.69. The summed E-state index contributed by atoms with van der Waals surface area (Å²) in [5, 5.41) is 22.3. The molecule has 2 N–H and O–H groups in total. The number of ether oxygens (including phenoxy) is 2. The first-order valence-corrected chi connectivity index (χ1v) is 14.0. The van der Waals surface area contributed by atoms with Gasteiger partial charge in [0, 0.05) is 0 Å². The molecule has 0 aromatic rings. The molecule has 0 radical (unpaired) electrons. The van der Waals surface area contributed by atoms with E-state index in [4.69, 9.17) is 9.47 Å². The summed E-state index contributed by atoms with van der Waals surface area (Å²) < 4.78 is 9.84. The molecule has 0 amide bonds. The van der Waals surface area contributed by atoms with E-state index in [-0.39, 0.29) is 34.9 Å². The van der Waals surface area contributed by atoms with Gasteiger partial charge in [0.05, 0.1) is 26.4 Å². The van der Waals surface area contributed by atoms with Crippen LogP contribution in [0.4, 0.5) is 0 Å². The van der Waals surface area contributed by atoms with Crippen molar-refractivity contribution in [3.8, 4) is 0 Å². The van der Waals surface area contributed by atoms with Gasteiger partial charge in [0.1, 0.15) is 0 Å². The van der Waals surface area contributed by atoms with Gasteiger partial charge in [-0.3, -0.25) is 9.59 Å². The lowest BCUT2D eigenvalue weighted by Crippen LogP contribution is -2.62. The van der Waals surface area contributed by atoms with Crippen molar-refractivity contribution in [3.05, 3.63) is 0 Å². The van der Waals surface area contributed by atoms with Crippen LogP contribution in [0, 0.1) is 58.2 Å². The van der Waals surface area contributed by atoms with E-state index < -0.39 is 17.9 Å². The standard InChI is InChI=1S/C29H48O6/c1-7-18-23-15-17(30)10-12-29(23,4)22-11-13-28(3)20(8-9-21(28)24(22)25(18)31)16(2)14-19(26(32)34-5)27(33)35-6/h16-25,30-31H,7-15H2,1-6H3/t16-,17-,18-,20?,21?,22?,23+,24?,25-,28-,29-/m1/s1. The van der Waals surface area contributed by atoms with Crippen LogP contribution in [0.1, 0.15) is 85.5 Å². The number of carbonyl (C=O) groups is 2. The van der Waals surface area contributed by atoms with Crippen LogP contribution < -0.4 is 0 Å². The van der Waals surface area contributed by atoms with Crippen LogP contribution in [0.2, 0.25) is 0 Å². The maximum absolute atomic E-state index is 12.3. The molecule has 4 aliphatic carbocycles. The number of aliphatic hydroxyl groups excluding tert-OH is 2. The van der Waals surface area contributed by atoms with Gasteiger partial charge in [-0.05, 0) is 104 Å². The Labute approximate surface area is 211 Å². The molecule has 0 saturated heterocycles. The Morgan fingerprint density at radius 1 is 0.914 bits per heavy atom. The molecule has 6 nitrogen and oxygen atoms in total. The first-order chi connectivity index (χ1) is 16.5. The highest BCUT2D eigenvalue weighted by atomic mass is 16.5. The van der Waals surface area contributed by atoms with Gasteiger partial charge >= 0.3 is 11.9 Å². The molecule has 11 atom stereocenters. The third-order valence-corrected chi connectivity index (χ3v) is 11.7. The molecule has 200 valence electrons. The van der Waals surface area contributed by atoms with Gasteiger partial charge in [0.2, 0.25) is 0 Å². The van der Waals surface area contributed by atoms with E-state index in [1.807, 2.05) is 0 Å². The minimum absolute atomic E-state index is 0.0913. The van der Waals surface area contributed by atoms with Crippen LogP contribution in [0.25, 0.3) is 0 Å². The lowest BCUT2D eigenvalue weighted by Gasteiger charge is -2.64. The summed E-state index contributed by atoms with van der Waals surface area (Å²) >= 11 is 0. The highest BCUT2D eigenvalue weighted by Gasteiger charge is 2.65. The smallest absolute Gasteiger partial charge is 0.320 e. The summed E-state index contributed by atoms with van der Waals surface area (Å²) in [4.78, 5) is 24.7. The average molecular weight is 493 g/mol. The molecule has 6 heteroatoms. The number of aliphatic hydroxyl groups is 2. The predicted molar refractivity (Wildman–Crippen MR) is 133 cm³/mol. The first kappa shape index (κ1) is 26.9. The maximum atomic E-state index is 12.3. The van der Waals surface area contributed by atoms with Crippen molar-refractivity contribution in [2.75, 3.05) is 14.2 Å². The number of methoxy groups -OCH3 is 2. The Morgan fingerprint density at radius 2 is 1.51 bits per heavy atom. The van der Waals surface area contributed by atoms with E-state index >= 15 is 0 Å². The van der Waals surface area contributed by atoms with Crippen LogP contribution in [-0.2, 0) is 19.1 Å². The van der Waals surface area contributed by atoms with E-state index in [0.717, 1.165) is 51.4 Å². The molecule has 4 saturated carbocycles. The molecule has 35 heavy (non-hydrogen) atoms. The van der Waals surface area contributed by atoms with E-state index in [9.17, 15) is 19.8 Å². The molecular formula is C29H48O6. The van der Waals surface area contributed by atoms with Crippen LogP contribution in [0.3, 0.4) is 0 Å². The third-order valence-electron chi connectivity index (χ3n) is 11.7. The van der Waals surface area contributed by atoms with Crippen molar-refractivity contribution < 1.29 is 29.3 Å². The minimum atomic E-state index is -0.878. The number of rotatable bonds is 6. The Balaban J connectivity index is 1.59. The van der Waals surface area contributed by atoms with Gasteiger partial charge in [-0.25, -0.2) is 0 Å². The molecule has 0 aliphatic heterocycles. The molecule has 4 fully saturated rings. The molecule has 0 heterocycles. The Hall–Kier alpha value is -1.14. The maximum Gasteiger partial charge on any atom is 0.320 e. The lowest BCUT2D eigenvalue weighted by molar-refractivity contribution is -0.203. The topological polar surface area (TPSA) is 93.1 Å². The monoisotopic (exact) mass is 492 g/mol. The van der Waals surface area contributed by atoms with Gasteiger partial charge in [0.15, 0.2) is 5.92 Å². The SMILES string of the molecule is CC[C@H]1[C@@H](O)C2C3CCC([C@H](C)CC(C(=O)OC)C(=O)OC)[C@@]3(C)CCC2[C@@]2(C)CC[C@@H](O)C[C@@H]12. The fourth-order valence-corrected chi connectivity index (χ4v) is 10.0. The van der Waals surface area contributed by atoms with Crippen LogP contribution in [0.15, 0.2) is 0 Å². The molecule has 4 unspecified atom stereocenters. The summed E-state index contributed by atoms with van der Waals surface area (Å²) in [5.74, 6) is 0.572. The highest BCUT2D eigenvalue weighted by molar-refractivity contribution is 5.94. The summed E-state index contributed by atoms with van der Waals surface area (Å²) in [5.41, 5.74) is 0.281. The van der Waals surface area contributed by atoms with Crippen LogP contribution >= 0.6 is 0 Å². The van der Waals surface area contributed by atoms with Gasteiger partial charge < -0.3 is 19.7 Å². The van der Waals surface area contributed by atoms with E-state index in [1.54, 1.807) is 0 Å². The lowest BCUT2D eigenvalue weighted by atomic mass is 9.41. The second kappa shape index (κ2) is 9.96. The minimum Gasteiger partial charge on any atom is -0.468 e. The third kappa shape index (κ3) is 4.24. The van der Waals surface area contributed by atoms with Crippen LogP contribution in [0.5, 0.6) is 0 Å². The van der Waals surface area contributed by atoms with Gasteiger partial charge in [-0.2, -0.15) is 0 Å². The molecule has 4 rings (SSSR count). The quantitative estimate of drug-likeness (QED) is 0.416. The fourth-order valence-electron chi connectivity index (χ4n) is 10.0. The number of hydrogen-bond donors (Lipinski definition) is 2. The molecular weight excluding hydrogens is 444 g/mol. The van der Waals surface area contributed by atoms with Gasteiger partial charge in [-0.1, -0.05) is 34.1 Å². The van der Waals surface area contributed by atoms with E-state index in [0.29, 0.717) is 36.0 Å². The normalized spacial score (nSPS) is 45.7. The number of hydrogen-bond acceptors (Lipinski definition) is 6. The second-order valence-corrected chi connectivity index (χ2v) is 12.9. The summed E-state index contributed by atoms with van der Waals surface area (Å²) in [6, 6.07) is 0. The first-order valence-electron chi connectivity index (χ1n) is 14.0. The molecule has 0 spiro atoms. The molecule has 0 aromatic carbocycles. The zero-order valence-electron chi connectivity index (χ0n) is 22.7. The summed E-state index contributed by atoms with van der Waals surface area (Å²) in [7, 11) is 2.65. The Bertz CT molecular complexity index is 782. The van der Waals surface area contributed by atoms with Gasteiger partial charge in [-0.15, -0.1) is 0 Å². The van der Waals surface area contributed by atoms with Crippen LogP contribution in [-0.4, -0.2) is 48.6 Å². The molecule has 0 aromatic heterocycles. The predicted octanol–water partition coefficient (Wildman–Crippen LogP) is 4.60. The Morgan fingerprint density at radius 3 is 2.11 bits per heavy atom. The van der Waals surface area contributed by atoms with Crippen molar-refractivity contribution >= 4 is 11.9 Å². The van der Waals surface area contributed by atoms with E-state index in [1.165, 1.54) is 14.2 Å². The van der Waals surface area contributed by atoms with Crippen molar-refractivity contribution in [2.24, 2.45) is 58.2 Å². The second-order valence-electron chi connectivity index (χ2n) is 12.9. The van der Waals surface area contributed by atoms with E-state index in [2.05, 4.69) is 27.7 Å². The molecule has 0 bridgehead atoms. The zero-order valence-corrected chi connectivity index (χ0v) is 22.7.